The predicted octanol–water partition coefficient (Wildman–Crippen LogP) is 6.22. The van der Waals surface area contributed by atoms with Gasteiger partial charge in [-0.15, -0.1) is 0 Å². The molecule has 0 fully saturated rings. The lowest BCUT2D eigenvalue weighted by molar-refractivity contribution is 0.290. The third-order valence-electron chi connectivity index (χ3n) is 4.78. The molecule has 0 unspecified atom stereocenters. The number of halogens is 4. The fourth-order valence-corrected chi connectivity index (χ4v) is 3.41. The molecule has 0 aromatic heterocycles. The van der Waals surface area contributed by atoms with E-state index in [1.54, 1.807) is 29.4 Å². The van der Waals surface area contributed by atoms with Crippen molar-refractivity contribution in [3.63, 3.8) is 0 Å². The first-order chi connectivity index (χ1) is 15.0. The van der Waals surface area contributed by atoms with Gasteiger partial charge in [0, 0.05) is 28.6 Å². The molecule has 0 amide bonds. The molecule has 0 bridgehead atoms. The van der Waals surface area contributed by atoms with Crippen molar-refractivity contribution in [2.75, 3.05) is 6.67 Å². The summed E-state index contributed by atoms with van der Waals surface area (Å²) in [4.78, 5) is 5.87. The lowest BCUT2D eigenvalue weighted by atomic mass is 10.1. The first kappa shape index (κ1) is 21.0. The Kier molecular flexibility index (Phi) is 6.28. The van der Waals surface area contributed by atoms with Gasteiger partial charge in [0.15, 0.2) is 11.6 Å². The number of benzene rings is 3. The summed E-state index contributed by atoms with van der Waals surface area (Å²) in [5.74, 6) is -1.81. The summed E-state index contributed by atoms with van der Waals surface area (Å²) >= 11 is 5.68. The van der Waals surface area contributed by atoms with Crippen molar-refractivity contribution in [2.24, 2.45) is 4.99 Å². The molecule has 0 saturated heterocycles. The van der Waals surface area contributed by atoms with E-state index >= 15 is 0 Å². The molecule has 0 aliphatic carbocycles. The van der Waals surface area contributed by atoms with Crippen LogP contribution in [-0.2, 0) is 13.2 Å². The topological polar surface area (TPSA) is 24.8 Å². The van der Waals surface area contributed by atoms with Gasteiger partial charge in [-0.05, 0) is 35.4 Å². The lowest BCUT2D eigenvalue weighted by Gasteiger charge is -2.23. The molecule has 4 rings (SSSR count). The smallest absolute Gasteiger partial charge is 0.165 e. The van der Waals surface area contributed by atoms with Gasteiger partial charge in [-0.25, -0.2) is 13.2 Å². The molecule has 158 valence electrons. The van der Waals surface area contributed by atoms with Crippen molar-refractivity contribution in [3.05, 3.63) is 106 Å². The van der Waals surface area contributed by atoms with E-state index in [4.69, 9.17) is 16.3 Å². The average Bonchev–Trinajstić information content (AvgIpc) is 2.76. The van der Waals surface area contributed by atoms with Crippen LogP contribution in [0.2, 0.25) is 5.02 Å². The van der Waals surface area contributed by atoms with Crippen LogP contribution in [0.5, 0.6) is 5.75 Å². The van der Waals surface area contributed by atoms with Gasteiger partial charge in [0.1, 0.15) is 24.9 Å². The third kappa shape index (κ3) is 5.09. The molecule has 0 radical (unpaired) electrons. The Morgan fingerprint density at radius 1 is 0.935 bits per heavy atom. The zero-order valence-electron chi connectivity index (χ0n) is 16.4. The zero-order valence-corrected chi connectivity index (χ0v) is 17.1. The fourth-order valence-electron chi connectivity index (χ4n) is 3.22. The van der Waals surface area contributed by atoms with Crippen molar-refractivity contribution in [3.8, 4) is 5.75 Å². The van der Waals surface area contributed by atoms with Crippen molar-refractivity contribution in [1.82, 2.24) is 4.90 Å². The van der Waals surface area contributed by atoms with E-state index in [-0.39, 0.29) is 36.2 Å². The number of hydrogen-bond donors (Lipinski definition) is 0. The lowest BCUT2D eigenvalue weighted by Crippen LogP contribution is -2.22. The van der Waals surface area contributed by atoms with Crippen LogP contribution in [0.25, 0.3) is 5.57 Å². The third-order valence-corrected chi connectivity index (χ3v) is 5.00. The largest absolute Gasteiger partial charge is 0.486 e. The van der Waals surface area contributed by atoms with Crippen molar-refractivity contribution in [1.29, 1.82) is 0 Å². The van der Waals surface area contributed by atoms with Gasteiger partial charge in [0.25, 0.3) is 0 Å². The molecule has 3 aromatic rings. The first-order valence-corrected chi connectivity index (χ1v) is 9.93. The summed E-state index contributed by atoms with van der Waals surface area (Å²) in [6, 6.07) is 16.2. The Bertz CT molecular complexity index is 1130. The molecule has 3 nitrogen and oxygen atoms in total. The van der Waals surface area contributed by atoms with E-state index in [1.165, 1.54) is 6.07 Å². The fraction of sp³-hybridized carbons (Fsp3) is 0.125. The molecule has 1 aliphatic heterocycles. The highest BCUT2D eigenvalue weighted by Crippen LogP contribution is 2.26. The molecule has 0 N–H and O–H groups in total. The van der Waals surface area contributed by atoms with Crippen LogP contribution in [-0.4, -0.2) is 17.8 Å². The van der Waals surface area contributed by atoms with Crippen molar-refractivity contribution in [2.45, 2.75) is 13.2 Å². The van der Waals surface area contributed by atoms with E-state index in [0.717, 1.165) is 17.7 Å². The maximum atomic E-state index is 14.6. The van der Waals surface area contributed by atoms with Crippen LogP contribution < -0.4 is 4.74 Å². The first-order valence-electron chi connectivity index (χ1n) is 9.55. The normalized spacial score (nSPS) is 13.3. The summed E-state index contributed by atoms with van der Waals surface area (Å²) < 4.78 is 48.4. The number of hydrogen-bond acceptors (Lipinski definition) is 3. The maximum absolute atomic E-state index is 14.6. The summed E-state index contributed by atoms with van der Waals surface area (Å²) in [7, 11) is 0. The van der Waals surface area contributed by atoms with Crippen LogP contribution in [0.4, 0.5) is 13.2 Å². The zero-order chi connectivity index (χ0) is 21.8. The molecule has 1 heterocycles. The minimum Gasteiger partial charge on any atom is -0.486 e. The van der Waals surface area contributed by atoms with Gasteiger partial charge in [-0.3, -0.25) is 4.99 Å². The number of ether oxygens (including phenoxy) is 1. The molecule has 0 saturated carbocycles. The number of aliphatic imine (C=N–C) groups is 1. The molecule has 31 heavy (non-hydrogen) atoms. The number of allylic oxidation sites excluding steroid dienone is 1. The molecular formula is C24H18ClF3N2O. The van der Waals surface area contributed by atoms with Crippen LogP contribution in [0.3, 0.4) is 0 Å². The van der Waals surface area contributed by atoms with Crippen LogP contribution in [0.1, 0.15) is 16.7 Å². The SMILES string of the molecule is Fc1cc(C2=CN(Cc3c(F)cc(Cl)cc3F)CN=C2)ccc1OCc1ccccc1. The molecule has 0 spiro atoms. The molecular weight excluding hydrogens is 425 g/mol. The second-order valence-electron chi connectivity index (χ2n) is 7.05. The Labute approximate surface area is 183 Å². The van der Waals surface area contributed by atoms with E-state index < -0.39 is 17.5 Å². The van der Waals surface area contributed by atoms with Gasteiger partial charge in [0.05, 0.1) is 6.54 Å². The van der Waals surface area contributed by atoms with E-state index in [0.29, 0.717) is 11.1 Å². The van der Waals surface area contributed by atoms with Gasteiger partial charge in [-0.2, -0.15) is 0 Å². The quantitative estimate of drug-likeness (QED) is 0.452. The van der Waals surface area contributed by atoms with Gasteiger partial charge in [0.2, 0.25) is 0 Å². The Hall–Kier alpha value is -3.25. The summed E-state index contributed by atoms with van der Waals surface area (Å²) in [5.41, 5.74) is 2.03. The summed E-state index contributed by atoms with van der Waals surface area (Å²) in [5, 5.41) is -0.00306. The van der Waals surface area contributed by atoms with Gasteiger partial charge < -0.3 is 9.64 Å². The van der Waals surface area contributed by atoms with Gasteiger partial charge >= 0.3 is 0 Å². The number of nitrogens with zero attached hydrogens (tertiary/aromatic N) is 2. The summed E-state index contributed by atoms with van der Waals surface area (Å²) in [6.45, 7) is 0.454. The summed E-state index contributed by atoms with van der Waals surface area (Å²) in [6.07, 6.45) is 3.30. The highest BCUT2D eigenvalue weighted by Gasteiger charge is 2.16. The Morgan fingerprint density at radius 2 is 1.68 bits per heavy atom. The predicted molar refractivity (Wildman–Crippen MR) is 115 cm³/mol. The van der Waals surface area contributed by atoms with Crippen molar-refractivity contribution >= 4 is 23.4 Å². The van der Waals surface area contributed by atoms with Gasteiger partial charge in [-0.1, -0.05) is 48.0 Å². The molecule has 7 heteroatoms. The second kappa shape index (κ2) is 9.27. The Morgan fingerprint density at radius 3 is 2.39 bits per heavy atom. The van der Waals surface area contributed by atoms with Crippen LogP contribution in [0, 0.1) is 17.5 Å². The van der Waals surface area contributed by atoms with Crippen LogP contribution in [0.15, 0.2) is 71.9 Å². The van der Waals surface area contributed by atoms with E-state index in [1.807, 2.05) is 30.3 Å². The highest BCUT2D eigenvalue weighted by molar-refractivity contribution is 6.30. The Balaban J connectivity index is 1.49. The van der Waals surface area contributed by atoms with E-state index in [9.17, 15) is 13.2 Å². The average molecular weight is 443 g/mol. The molecule has 3 aromatic carbocycles. The maximum Gasteiger partial charge on any atom is 0.165 e. The number of rotatable bonds is 6. The monoisotopic (exact) mass is 442 g/mol. The van der Waals surface area contributed by atoms with Crippen molar-refractivity contribution < 1.29 is 17.9 Å². The standard InChI is InChI=1S/C24H18ClF3N2O/c25-19-9-21(26)20(22(27)10-19)13-30-12-18(11-29-15-30)17-6-7-24(23(28)8-17)31-14-16-4-2-1-3-5-16/h1-12H,13-15H2. The van der Waals surface area contributed by atoms with E-state index in [2.05, 4.69) is 4.99 Å². The molecule has 1 aliphatic rings. The minimum atomic E-state index is -0.722. The second-order valence-corrected chi connectivity index (χ2v) is 7.49. The van der Waals surface area contributed by atoms with Crippen LogP contribution >= 0.6 is 11.6 Å². The highest BCUT2D eigenvalue weighted by atomic mass is 35.5. The molecule has 0 atom stereocenters. The minimum absolute atomic E-state index is 0.00306.